The van der Waals surface area contributed by atoms with Crippen molar-refractivity contribution in [1.82, 2.24) is 9.97 Å². The molecule has 0 radical (unpaired) electrons. The van der Waals surface area contributed by atoms with Crippen LogP contribution in [0.4, 0.5) is 11.6 Å². The fraction of sp³-hybridized carbons (Fsp3) is 0.421. The molecule has 7 heteroatoms. The molecule has 0 atom stereocenters. The highest BCUT2D eigenvalue weighted by Crippen LogP contribution is 2.24. The van der Waals surface area contributed by atoms with Crippen LogP contribution in [0.25, 0.3) is 0 Å². The summed E-state index contributed by atoms with van der Waals surface area (Å²) in [5, 5.41) is 2.98. The highest BCUT2D eigenvalue weighted by Gasteiger charge is 2.26. The summed E-state index contributed by atoms with van der Waals surface area (Å²) in [4.78, 5) is 23.5. The number of piperidine rings is 1. The standard InChI is InChI=1S/C19H24N4O3/c1-13-12-17(26-3)22-19(20-13)23-10-8-14(9-11-23)18(24)21-15-4-6-16(25-2)7-5-15/h4-7,12,14H,8-11H2,1-3H3,(H,21,24). The van der Waals surface area contributed by atoms with Crippen LogP contribution in [0, 0.1) is 12.8 Å². The number of nitrogens with one attached hydrogen (secondary N) is 1. The molecular formula is C19H24N4O3. The van der Waals surface area contributed by atoms with Crippen molar-refractivity contribution < 1.29 is 14.3 Å². The maximum atomic E-state index is 12.5. The second kappa shape index (κ2) is 8.03. The Bertz CT molecular complexity index is 756. The zero-order valence-electron chi connectivity index (χ0n) is 15.4. The molecule has 7 nitrogen and oxygen atoms in total. The molecule has 0 aliphatic carbocycles. The topological polar surface area (TPSA) is 76.6 Å². The Morgan fingerprint density at radius 1 is 1.12 bits per heavy atom. The monoisotopic (exact) mass is 356 g/mol. The number of aromatic nitrogens is 2. The molecule has 0 bridgehead atoms. The van der Waals surface area contributed by atoms with E-state index in [2.05, 4.69) is 20.2 Å². The van der Waals surface area contributed by atoms with Gasteiger partial charge < -0.3 is 19.7 Å². The molecule has 1 fully saturated rings. The quantitative estimate of drug-likeness (QED) is 0.888. The minimum Gasteiger partial charge on any atom is -0.497 e. The van der Waals surface area contributed by atoms with Crippen LogP contribution in [0.3, 0.4) is 0 Å². The van der Waals surface area contributed by atoms with Crippen LogP contribution in [0.15, 0.2) is 30.3 Å². The van der Waals surface area contributed by atoms with Crippen LogP contribution in [-0.4, -0.2) is 43.2 Å². The molecule has 2 heterocycles. The SMILES string of the molecule is COc1ccc(NC(=O)C2CCN(c3nc(C)cc(OC)n3)CC2)cc1. The Morgan fingerprint density at radius 3 is 2.42 bits per heavy atom. The number of carbonyl (C=O) groups is 1. The van der Waals surface area contributed by atoms with E-state index in [1.54, 1.807) is 20.3 Å². The predicted octanol–water partition coefficient (Wildman–Crippen LogP) is 2.66. The van der Waals surface area contributed by atoms with E-state index >= 15 is 0 Å². The molecule has 26 heavy (non-hydrogen) atoms. The van der Waals surface area contributed by atoms with Gasteiger partial charge in [0.15, 0.2) is 0 Å². The highest BCUT2D eigenvalue weighted by molar-refractivity contribution is 5.92. The summed E-state index contributed by atoms with van der Waals surface area (Å²) in [6, 6.07) is 9.16. The summed E-state index contributed by atoms with van der Waals surface area (Å²) in [6.07, 6.45) is 1.53. The van der Waals surface area contributed by atoms with Gasteiger partial charge in [0, 0.05) is 36.5 Å². The Morgan fingerprint density at radius 2 is 1.81 bits per heavy atom. The average molecular weight is 356 g/mol. The summed E-state index contributed by atoms with van der Waals surface area (Å²) in [5.41, 5.74) is 1.65. The van der Waals surface area contributed by atoms with E-state index in [0.717, 1.165) is 43.1 Å². The fourth-order valence-electron chi connectivity index (χ4n) is 3.03. The van der Waals surface area contributed by atoms with Crippen LogP contribution in [0.5, 0.6) is 11.6 Å². The molecule has 1 N–H and O–H groups in total. The third kappa shape index (κ3) is 4.22. The van der Waals surface area contributed by atoms with E-state index in [9.17, 15) is 4.79 Å². The lowest BCUT2D eigenvalue weighted by molar-refractivity contribution is -0.120. The summed E-state index contributed by atoms with van der Waals surface area (Å²) < 4.78 is 10.3. The second-order valence-electron chi connectivity index (χ2n) is 6.33. The first-order valence-electron chi connectivity index (χ1n) is 8.68. The maximum absolute atomic E-state index is 12.5. The Labute approximate surface area is 153 Å². The van der Waals surface area contributed by atoms with Crippen molar-refractivity contribution in [3.05, 3.63) is 36.0 Å². The summed E-state index contributed by atoms with van der Waals surface area (Å²) in [5.74, 6) is 2.03. The van der Waals surface area contributed by atoms with Crippen molar-refractivity contribution in [2.75, 3.05) is 37.5 Å². The molecule has 1 saturated heterocycles. The highest BCUT2D eigenvalue weighted by atomic mass is 16.5. The van der Waals surface area contributed by atoms with Crippen LogP contribution in [-0.2, 0) is 4.79 Å². The number of ether oxygens (including phenoxy) is 2. The molecule has 1 aliphatic rings. The number of amides is 1. The molecular weight excluding hydrogens is 332 g/mol. The summed E-state index contributed by atoms with van der Waals surface area (Å²) >= 11 is 0. The number of methoxy groups -OCH3 is 2. The molecule has 1 aliphatic heterocycles. The van der Waals surface area contributed by atoms with Gasteiger partial charge in [0.1, 0.15) is 5.75 Å². The van der Waals surface area contributed by atoms with E-state index in [-0.39, 0.29) is 11.8 Å². The van der Waals surface area contributed by atoms with Gasteiger partial charge in [-0.15, -0.1) is 0 Å². The number of benzene rings is 1. The molecule has 3 rings (SSSR count). The van der Waals surface area contributed by atoms with Gasteiger partial charge in [-0.3, -0.25) is 4.79 Å². The largest absolute Gasteiger partial charge is 0.497 e. The maximum Gasteiger partial charge on any atom is 0.228 e. The summed E-state index contributed by atoms with van der Waals surface area (Å²) in [7, 11) is 3.22. The van der Waals surface area contributed by atoms with Crippen LogP contribution in [0.2, 0.25) is 0 Å². The Hall–Kier alpha value is -2.83. The number of carbonyl (C=O) groups excluding carboxylic acids is 1. The lowest BCUT2D eigenvalue weighted by atomic mass is 9.96. The van der Waals surface area contributed by atoms with Crippen molar-refractivity contribution in [2.24, 2.45) is 5.92 Å². The Kier molecular flexibility index (Phi) is 5.55. The third-order valence-corrected chi connectivity index (χ3v) is 4.53. The third-order valence-electron chi connectivity index (χ3n) is 4.53. The molecule has 1 aromatic carbocycles. The van der Waals surface area contributed by atoms with Crippen molar-refractivity contribution in [3.63, 3.8) is 0 Å². The summed E-state index contributed by atoms with van der Waals surface area (Å²) in [6.45, 7) is 3.41. The van der Waals surface area contributed by atoms with E-state index < -0.39 is 0 Å². The van der Waals surface area contributed by atoms with Crippen molar-refractivity contribution in [1.29, 1.82) is 0 Å². The number of aryl methyl sites for hydroxylation is 1. The normalized spacial score (nSPS) is 14.8. The fourth-order valence-corrected chi connectivity index (χ4v) is 3.03. The van der Waals surface area contributed by atoms with Gasteiger partial charge in [-0.1, -0.05) is 0 Å². The molecule has 0 saturated carbocycles. The van der Waals surface area contributed by atoms with Gasteiger partial charge in [-0.25, -0.2) is 4.98 Å². The van der Waals surface area contributed by atoms with E-state index in [4.69, 9.17) is 9.47 Å². The minimum absolute atomic E-state index is 0.0138. The van der Waals surface area contributed by atoms with Gasteiger partial charge in [0.2, 0.25) is 17.7 Å². The first-order valence-corrected chi connectivity index (χ1v) is 8.68. The molecule has 0 unspecified atom stereocenters. The first kappa shape index (κ1) is 18.0. The average Bonchev–Trinajstić information content (AvgIpc) is 2.68. The molecule has 1 aromatic heterocycles. The van der Waals surface area contributed by atoms with Crippen molar-refractivity contribution in [3.8, 4) is 11.6 Å². The van der Waals surface area contributed by atoms with Gasteiger partial charge in [0.05, 0.1) is 14.2 Å². The van der Waals surface area contributed by atoms with Gasteiger partial charge >= 0.3 is 0 Å². The number of hydrogen-bond acceptors (Lipinski definition) is 6. The minimum atomic E-state index is -0.0138. The van der Waals surface area contributed by atoms with E-state index in [1.807, 2.05) is 31.2 Å². The number of anilines is 2. The predicted molar refractivity (Wildman–Crippen MR) is 99.9 cm³/mol. The number of hydrogen-bond donors (Lipinski definition) is 1. The molecule has 138 valence electrons. The number of rotatable bonds is 5. The first-order chi connectivity index (χ1) is 12.6. The second-order valence-corrected chi connectivity index (χ2v) is 6.33. The van der Waals surface area contributed by atoms with Gasteiger partial charge in [-0.05, 0) is 44.0 Å². The van der Waals surface area contributed by atoms with Crippen molar-refractivity contribution >= 4 is 17.5 Å². The lowest BCUT2D eigenvalue weighted by Gasteiger charge is -2.31. The van der Waals surface area contributed by atoms with E-state index in [1.165, 1.54) is 0 Å². The Balaban J connectivity index is 1.57. The molecule has 1 amide bonds. The van der Waals surface area contributed by atoms with Crippen LogP contribution < -0.4 is 19.7 Å². The number of nitrogens with zero attached hydrogens (tertiary/aromatic N) is 3. The molecule has 2 aromatic rings. The van der Waals surface area contributed by atoms with Gasteiger partial charge in [0.25, 0.3) is 0 Å². The zero-order valence-corrected chi connectivity index (χ0v) is 15.4. The smallest absolute Gasteiger partial charge is 0.228 e. The van der Waals surface area contributed by atoms with Crippen molar-refractivity contribution in [2.45, 2.75) is 19.8 Å². The van der Waals surface area contributed by atoms with Crippen LogP contribution >= 0.6 is 0 Å². The van der Waals surface area contributed by atoms with Crippen LogP contribution in [0.1, 0.15) is 18.5 Å². The van der Waals surface area contributed by atoms with Gasteiger partial charge in [-0.2, -0.15) is 4.98 Å². The lowest BCUT2D eigenvalue weighted by Crippen LogP contribution is -2.39. The van der Waals surface area contributed by atoms with E-state index in [0.29, 0.717) is 11.8 Å². The molecule has 0 spiro atoms. The zero-order chi connectivity index (χ0) is 18.5.